The number of nitrogens with two attached hydrogens (primary N) is 1. The number of esters is 1. The van der Waals surface area contributed by atoms with E-state index in [4.69, 9.17) is 14.9 Å². The molecular weight excluding hydrogens is 360 g/mol. The van der Waals surface area contributed by atoms with Crippen LogP contribution in [0.4, 0.5) is 5.69 Å². The molecule has 0 unspecified atom stereocenters. The molecule has 0 saturated carbocycles. The van der Waals surface area contributed by atoms with Crippen LogP contribution >= 0.6 is 0 Å². The number of hydrogen-bond donors (Lipinski definition) is 1. The third-order valence-corrected chi connectivity index (χ3v) is 4.75. The number of fused-ring (bicyclic) bond motifs is 2. The van der Waals surface area contributed by atoms with Crippen LogP contribution in [0.25, 0.3) is 0 Å². The highest BCUT2D eigenvalue weighted by Crippen LogP contribution is 2.33. The second-order valence-electron chi connectivity index (χ2n) is 6.48. The van der Waals surface area contributed by atoms with Gasteiger partial charge in [-0.05, 0) is 26.0 Å². The van der Waals surface area contributed by atoms with Gasteiger partial charge in [0.25, 0.3) is 0 Å². The van der Waals surface area contributed by atoms with Gasteiger partial charge in [-0.25, -0.2) is 9.78 Å². The van der Waals surface area contributed by atoms with Crippen LogP contribution in [-0.2, 0) is 11.3 Å². The highest BCUT2D eigenvalue weighted by atomic mass is 16.5. The Balaban J connectivity index is 1.66. The molecule has 0 amide bonds. The second kappa shape index (κ2) is 6.45. The Morgan fingerprint density at radius 2 is 1.71 bits per heavy atom. The number of oxazole rings is 1. The van der Waals surface area contributed by atoms with Gasteiger partial charge in [0.05, 0.1) is 22.5 Å². The van der Waals surface area contributed by atoms with E-state index in [-0.39, 0.29) is 46.2 Å². The number of aryl methyl sites for hydroxylation is 2. The van der Waals surface area contributed by atoms with Crippen molar-refractivity contribution in [2.75, 3.05) is 5.73 Å². The van der Waals surface area contributed by atoms with Gasteiger partial charge in [-0.2, -0.15) is 0 Å². The first-order chi connectivity index (χ1) is 13.4. The van der Waals surface area contributed by atoms with Crippen LogP contribution in [0.3, 0.4) is 0 Å². The molecular formula is C21H16N2O5. The summed E-state index contributed by atoms with van der Waals surface area (Å²) in [5.74, 6) is -0.519. The Morgan fingerprint density at radius 3 is 2.36 bits per heavy atom. The molecule has 0 fully saturated rings. The zero-order valence-corrected chi connectivity index (χ0v) is 15.2. The molecule has 1 aliphatic rings. The summed E-state index contributed by atoms with van der Waals surface area (Å²) in [7, 11) is 0. The van der Waals surface area contributed by atoms with E-state index in [1.54, 1.807) is 38.1 Å². The molecule has 0 aliphatic heterocycles. The van der Waals surface area contributed by atoms with Crippen LogP contribution in [0.5, 0.6) is 0 Å². The molecule has 0 saturated heterocycles. The maximum atomic E-state index is 12.9. The largest absolute Gasteiger partial charge is 0.452 e. The van der Waals surface area contributed by atoms with Gasteiger partial charge in [-0.1, -0.05) is 24.3 Å². The van der Waals surface area contributed by atoms with Gasteiger partial charge in [0.15, 0.2) is 18.2 Å². The van der Waals surface area contributed by atoms with Gasteiger partial charge in [0.2, 0.25) is 5.89 Å². The fourth-order valence-electron chi connectivity index (χ4n) is 3.20. The van der Waals surface area contributed by atoms with Gasteiger partial charge in [-0.3, -0.25) is 9.59 Å². The number of benzene rings is 2. The summed E-state index contributed by atoms with van der Waals surface area (Å²) < 4.78 is 10.6. The fraction of sp³-hybridized carbons (Fsp3) is 0.143. The van der Waals surface area contributed by atoms with E-state index in [0.717, 1.165) is 0 Å². The lowest BCUT2D eigenvalue weighted by atomic mass is 9.82. The summed E-state index contributed by atoms with van der Waals surface area (Å²) in [4.78, 5) is 42.2. The van der Waals surface area contributed by atoms with Crippen molar-refractivity contribution in [2.24, 2.45) is 0 Å². The normalized spacial score (nSPS) is 12.5. The average Bonchev–Trinajstić information content (AvgIpc) is 3.01. The second-order valence-corrected chi connectivity index (χ2v) is 6.48. The molecule has 1 aromatic heterocycles. The number of aromatic nitrogens is 1. The van der Waals surface area contributed by atoms with Crippen molar-refractivity contribution < 1.29 is 23.5 Å². The standard InChI is InChI=1S/C21H16N2O5/c1-10-11(2)28-16(23-10)9-27-21(26)15-8-7-14-17(18(15)22)20(25)13-6-4-3-5-12(13)19(14)24/h3-8H,9,22H2,1-2H3. The number of nitrogens with zero attached hydrogens (tertiary/aromatic N) is 1. The van der Waals surface area contributed by atoms with Crippen LogP contribution < -0.4 is 5.73 Å². The van der Waals surface area contributed by atoms with Crippen molar-refractivity contribution >= 4 is 23.2 Å². The monoisotopic (exact) mass is 376 g/mol. The first kappa shape index (κ1) is 17.7. The summed E-state index contributed by atoms with van der Waals surface area (Å²) in [6.07, 6.45) is 0. The lowest BCUT2D eigenvalue weighted by Crippen LogP contribution is -2.24. The molecule has 7 nitrogen and oxygen atoms in total. The summed E-state index contributed by atoms with van der Waals surface area (Å²) in [5, 5.41) is 0. The number of hydrogen-bond acceptors (Lipinski definition) is 7. The van der Waals surface area contributed by atoms with Gasteiger partial charge in [-0.15, -0.1) is 0 Å². The molecule has 0 bridgehead atoms. The number of anilines is 1. The van der Waals surface area contributed by atoms with Crippen molar-refractivity contribution in [3.8, 4) is 0 Å². The molecule has 0 atom stereocenters. The first-order valence-corrected chi connectivity index (χ1v) is 8.59. The third-order valence-electron chi connectivity index (χ3n) is 4.75. The van der Waals surface area contributed by atoms with E-state index >= 15 is 0 Å². The number of rotatable bonds is 3. The van der Waals surface area contributed by atoms with Gasteiger partial charge in [0.1, 0.15) is 5.76 Å². The van der Waals surface area contributed by atoms with Crippen molar-refractivity contribution in [3.05, 3.63) is 81.6 Å². The molecule has 140 valence electrons. The molecule has 28 heavy (non-hydrogen) atoms. The highest BCUT2D eigenvalue weighted by Gasteiger charge is 2.33. The van der Waals surface area contributed by atoms with Gasteiger partial charge < -0.3 is 14.9 Å². The average molecular weight is 376 g/mol. The number of carbonyl (C=O) groups excluding carboxylic acids is 3. The van der Waals surface area contributed by atoms with Crippen LogP contribution in [-0.4, -0.2) is 22.5 Å². The molecule has 0 spiro atoms. The summed E-state index contributed by atoms with van der Waals surface area (Å²) in [5.41, 5.74) is 7.54. The zero-order valence-electron chi connectivity index (χ0n) is 15.2. The van der Waals surface area contributed by atoms with E-state index in [1.807, 2.05) is 0 Å². The third kappa shape index (κ3) is 2.68. The van der Waals surface area contributed by atoms with Crippen molar-refractivity contribution in [2.45, 2.75) is 20.5 Å². The maximum absolute atomic E-state index is 12.9. The van der Waals surface area contributed by atoms with Gasteiger partial charge in [0, 0.05) is 16.7 Å². The minimum atomic E-state index is -0.729. The quantitative estimate of drug-likeness (QED) is 0.432. The van der Waals surface area contributed by atoms with Crippen molar-refractivity contribution in [3.63, 3.8) is 0 Å². The SMILES string of the molecule is Cc1nc(COC(=O)c2ccc3c(c2N)C(=O)c2ccccc2C3=O)oc1C. The van der Waals surface area contributed by atoms with Crippen LogP contribution in [0.2, 0.25) is 0 Å². The first-order valence-electron chi connectivity index (χ1n) is 8.59. The number of ether oxygens (including phenoxy) is 1. The molecule has 3 aromatic rings. The molecule has 1 aliphatic carbocycles. The van der Waals surface area contributed by atoms with E-state index in [9.17, 15) is 14.4 Å². The van der Waals surface area contributed by atoms with Crippen molar-refractivity contribution in [1.29, 1.82) is 0 Å². The predicted molar refractivity (Wildman–Crippen MR) is 99.3 cm³/mol. The Bertz CT molecular complexity index is 1140. The number of nitrogen functional groups attached to an aromatic ring is 1. The zero-order chi connectivity index (χ0) is 20.0. The molecule has 0 radical (unpaired) electrons. The van der Waals surface area contributed by atoms with E-state index in [1.165, 1.54) is 12.1 Å². The Kier molecular flexibility index (Phi) is 4.07. The highest BCUT2D eigenvalue weighted by molar-refractivity contribution is 6.30. The minimum absolute atomic E-state index is 0.0132. The summed E-state index contributed by atoms with van der Waals surface area (Å²) in [6.45, 7) is 3.38. The lowest BCUT2D eigenvalue weighted by Gasteiger charge is -2.20. The number of ketones is 2. The van der Waals surface area contributed by atoms with Crippen LogP contribution in [0.15, 0.2) is 40.8 Å². The minimum Gasteiger partial charge on any atom is -0.452 e. The van der Waals surface area contributed by atoms with E-state index in [0.29, 0.717) is 17.0 Å². The maximum Gasteiger partial charge on any atom is 0.340 e. The molecule has 1 heterocycles. The summed E-state index contributed by atoms with van der Waals surface area (Å²) >= 11 is 0. The molecule has 4 rings (SSSR count). The fourth-order valence-corrected chi connectivity index (χ4v) is 3.20. The topological polar surface area (TPSA) is 112 Å². The molecule has 2 aromatic carbocycles. The van der Waals surface area contributed by atoms with Crippen molar-refractivity contribution in [1.82, 2.24) is 4.98 Å². The van der Waals surface area contributed by atoms with Crippen LogP contribution in [0.1, 0.15) is 59.5 Å². The van der Waals surface area contributed by atoms with Crippen LogP contribution in [0, 0.1) is 13.8 Å². The van der Waals surface area contributed by atoms with Gasteiger partial charge >= 0.3 is 5.97 Å². The Hall–Kier alpha value is -3.74. The summed E-state index contributed by atoms with van der Waals surface area (Å²) in [6, 6.07) is 9.34. The Labute approximate surface area is 160 Å². The predicted octanol–water partition coefficient (Wildman–Crippen LogP) is 3.01. The smallest absolute Gasteiger partial charge is 0.340 e. The number of carbonyl (C=O) groups is 3. The lowest BCUT2D eigenvalue weighted by molar-refractivity contribution is 0.0438. The van der Waals surface area contributed by atoms with E-state index < -0.39 is 11.8 Å². The van der Waals surface area contributed by atoms with E-state index in [2.05, 4.69) is 4.98 Å². The molecule has 7 heteroatoms. The molecule has 2 N–H and O–H groups in total. The Morgan fingerprint density at radius 1 is 1.04 bits per heavy atom.